The van der Waals surface area contributed by atoms with E-state index in [-0.39, 0.29) is 0 Å². The molecule has 0 amide bonds. The average Bonchev–Trinajstić information content (AvgIpc) is 3.01. The fraction of sp³-hybridized carbons (Fsp3) is 0.0952. The van der Waals surface area contributed by atoms with Gasteiger partial charge in [-0.15, -0.1) is 0 Å². The summed E-state index contributed by atoms with van der Waals surface area (Å²) in [5, 5.41) is 0. The van der Waals surface area contributed by atoms with Crippen LogP contribution in [0.1, 0.15) is 33.4 Å². The number of benzene rings is 6. The Kier molecular flexibility index (Phi) is 7.59. The second-order valence-corrected chi connectivity index (χ2v) is 11.2. The maximum atomic E-state index is 3.72. The molecule has 0 aliphatic carbocycles. The van der Waals surface area contributed by atoms with E-state index in [1.54, 1.807) is 0 Å². The van der Waals surface area contributed by atoms with E-state index in [0.717, 1.165) is 33.4 Å². The van der Waals surface area contributed by atoms with Crippen LogP contribution in [0.3, 0.4) is 0 Å². The first-order chi connectivity index (χ1) is 20.5. The maximum Gasteiger partial charge on any atom is 0.0405 e. The van der Waals surface area contributed by atoms with Gasteiger partial charge in [0.1, 0.15) is 0 Å². The molecule has 0 saturated carbocycles. The lowest BCUT2D eigenvalue weighted by Gasteiger charge is -2.14. The third kappa shape index (κ3) is 5.69. The van der Waals surface area contributed by atoms with Crippen molar-refractivity contribution in [3.8, 4) is 56.3 Å². The van der Waals surface area contributed by atoms with E-state index in [4.69, 9.17) is 0 Å². The van der Waals surface area contributed by atoms with Crippen LogP contribution in [0.25, 0.3) is 44.5 Å². The molecule has 0 atom stereocenters. The van der Waals surface area contributed by atoms with Crippen LogP contribution in [0.15, 0.2) is 133 Å². The van der Waals surface area contributed by atoms with Gasteiger partial charge in [-0.05, 0) is 72.2 Å². The first-order valence-electron chi connectivity index (χ1n) is 14.5. The minimum Gasteiger partial charge on any atom is -0.0609 e. The second kappa shape index (κ2) is 11.8. The Balaban J connectivity index is 1.61. The molecule has 0 aromatic heterocycles. The molecular formula is C42H34. The molecule has 0 radical (unpaired) electrons. The Labute approximate surface area is 250 Å². The van der Waals surface area contributed by atoms with Crippen LogP contribution in [-0.2, 0) is 0 Å². The van der Waals surface area contributed by atoms with E-state index >= 15 is 0 Å². The summed E-state index contributed by atoms with van der Waals surface area (Å²) >= 11 is 0. The van der Waals surface area contributed by atoms with Crippen LogP contribution in [-0.4, -0.2) is 0 Å². The standard InChI is InChI=1S/C42H34/c1-29-11-19-33(20-12-29)37-7-5-8-38(34-21-13-30(2)14-22-34)41(37)27-28-42-39(35-23-15-31(3)16-24-35)9-6-10-40(42)36-25-17-32(4)18-26-36/h5-26H,1-4H3. The lowest BCUT2D eigenvalue weighted by molar-refractivity contribution is 1.45. The summed E-state index contributed by atoms with van der Waals surface area (Å²) < 4.78 is 0. The molecule has 0 aliphatic heterocycles. The number of hydrogen-bond donors (Lipinski definition) is 0. The summed E-state index contributed by atoms with van der Waals surface area (Å²) in [6, 6.07) is 48.1. The number of rotatable bonds is 4. The molecule has 6 aromatic carbocycles. The normalized spacial score (nSPS) is 10.7. The Hall–Kier alpha value is -5.12. The number of aryl methyl sites for hydroxylation is 4. The fourth-order valence-corrected chi connectivity index (χ4v) is 5.39. The van der Waals surface area contributed by atoms with Crippen LogP contribution < -0.4 is 0 Å². The van der Waals surface area contributed by atoms with Gasteiger partial charge in [0, 0.05) is 11.1 Å². The Bertz CT molecular complexity index is 1640. The average molecular weight is 539 g/mol. The highest BCUT2D eigenvalue weighted by Crippen LogP contribution is 2.35. The summed E-state index contributed by atoms with van der Waals surface area (Å²) in [7, 11) is 0. The molecule has 0 nitrogen and oxygen atoms in total. The quantitative estimate of drug-likeness (QED) is 0.196. The maximum absolute atomic E-state index is 3.72. The van der Waals surface area contributed by atoms with E-state index in [1.807, 2.05) is 0 Å². The topological polar surface area (TPSA) is 0 Å². The Morgan fingerprint density at radius 1 is 0.286 bits per heavy atom. The summed E-state index contributed by atoms with van der Waals surface area (Å²) in [4.78, 5) is 0. The third-order valence-electron chi connectivity index (χ3n) is 7.89. The molecule has 6 aromatic rings. The molecular weight excluding hydrogens is 504 g/mol. The molecule has 0 fully saturated rings. The van der Waals surface area contributed by atoms with Crippen molar-refractivity contribution >= 4 is 0 Å². The minimum atomic E-state index is 1.04. The molecule has 0 heteroatoms. The Morgan fingerprint density at radius 2 is 0.500 bits per heavy atom. The molecule has 0 saturated heterocycles. The SMILES string of the molecule is Cc1ccc(-c2cccc(-c3ccc(C)cc3)c2C#Cc2c(-c3ccc(C)cc3)cccc2-c2ccc(C)cc2)cc1. The molecule has 0 unspecified atom stereocenters. The zero-order valence-electron chi connectivity index (χ0n) is 24.7. The largest absolute Gasteiger partial charge is 0.0609 e. The molecule has 42 heavy (non-hydrogen) atoms. The highest BCUT2D eigenvalue weighted by molar-refractivity contribution is 5.86. The van der Waals surface area contributed by atoms with Gasteiger partial charge in [0.2, 0.25) is 0 Å². The third-order valence-corrected chi connectivity index (χ3v) is 7.89. The van der Waals surface area contributed by atoms with Crippen molar-refractivity contribution in [2.75, 3.05) is 0 Å². The molecule has 6 rings (SSSR count). The Morgan fingerprint density at radius 3 is 0.714 bits per heavy atom. The van der Waals surface area contributed by atoms with Gasteiger partial charge < -0.3 is 0 Å². The van der Waals surface area contributed by atoms with Gasteiger partial charge in [0.05, 0.1) is 0 Å². The van der Waals surface area contributed by atoms with Crippen LogP contribution in [0.5, 0.6) is 0 Å². The van der Waals surface area contributed by atoms with Crippen molar-refractivity contribution in [1.29, 1.82) is 0 Å². The monoisotopic (exact) mass is 538 g/mol. The van der Waals surface area contributed by atoms with Crippen molar-refractivity contribution in [1.82, 2.24) is 0 Å². The predicted molar refractivity (Wildman–Crippen MR) is 180 cm³/mol. The van der Waals surface area contributed by atoms with Crippen LogP contribution in [0.2, 0.25) is 0 Å². The summed E-state index contributed by atoms with van der Waals surface area (Å²) in [5.74, 6) is 7.43. The second-order valence-electron chi connectivity index (χ2n) is 11.2. The molecule has 202 valence electrons. The molecule has 0 bridgehead atoms. The van der Waals surface area contributed by atoms with Crippen LogP contribution in [0.4, 0.5) is 0 Å². The predicted octanol–water partition coefficient (Wildman–Crippen LogP) is 11.0. The van der Waals surface area contributed by atoms with Gasteiger partial charge in [-0.1, -0.05) is 168 Å². The van der Waals surface area contributed by atoms with Crippen LogP contribution in [0, 0.1) is 39.5 Å². The lowest BCUT2D eigenvalue weighted by atomic mass is 9.89. The molecule has 0 aliphatic rings. The zero-order chi connectivity index (χ0) is 29.1. The van der Waals surface area contributed by atoms with Gasteiger partial charge in [-0.3, -0.25) is 0 Å². The van der Waals surface area contributed by atoms with Gasteiger partial charge >= 0.3 is 0 Å². The molecule has 0 N–H and O–H groups in total. The van der Waals surface area contributed by atoms with Gasteiger partial charge in [0.25, 0.3) is 0 Å². The van der Waals surface area contributed by atoms with E-state index in [1.165, 1.54) is 44.5 Å². The smallest absolute Gasteiger partial charge is 0.0405 e. The van der Waals surface area contributed by atoms with Crippen molar-refractivity contribution in [3.05, 3.63) is 167 Å². The van der Waals surface area contributed by atoms with Gasteiger partial charge in [0.15, 0.2) is 0 Å². The van der Waals surface area contributed by atoms with E-state index in [2.05, 4.69) is 173 Å². The summed E-state index contributed by atoms with van der Waals surface area (Å²) in [5.41, 5.74) is 16.3. The summed E-state index contributed by atoms with van der Waals surface area (Å²) in [6.45, 7) is 8.51. The highest BCUT2D eigenvalue weighted by atomic mass is 14.2. The summed E-state index contributed by atoms with van der Waals surface area (Å²) in [6.07, 6.45) is 0. The zero-order valence-corrected chi connectivity index (χ0v) is 24.7. The van der Waals surface area contributed by atoms with Crippen molar-refractivity contribution in [2.24, 2.45) is 0 Å². The highest BCUT2D eigenvalue weighted by Gasteiger charge is 2.13. The minimum absolute atomic E-state index is 1.04. The van der Waals surface area contributed by atoms with E-state index in [0.29, 0.717) is 0 Å². The van der Waals surface area contributed by atoms with Crippen molar-refractivity contribution in [3.63, 3.8) is 0 Å². The molecule has 0 spiro atoms. The lowest BCUT2D eigenvalue weighted by Crippen LogP contribution is -1.93. The number of hydrogen-bond acceptors (Lipinski definition) is 0. The van der Waals surface area contributed by atoms with Crippen molar-refractivity contribution < 1.29 is 0 Å². The first-order valence-corrected chi connectivity index (χ1v) is 14.5. The molecule has 0 heterocycles. The van der Waals surface area contributed by atoms with Crippen LogP contribution >= 0.6 is 0 Å². The fourth-order valence-electron chi connectivity index (χ4n) is 5.39. The van der Waals surface area contributed by atoms with Gasteiger partial charge in [-0.2, -0.15) is 0 Å². The van der Waals surface area contributed by atoms with Crippen molar-refractivity contribution in [2.45, 2.75) is 27.7 Å². The van der Waals surface area contributed by atoms with Gasteiger partial charge in [-0.25, -0.2) is 0 Å². The van der Waals surface area contributed by atoms with E-state index in [9.17, 15) is 0 Å². The first kappa shape index (κ1) is 27.1. The van der Waals surface area contributed by atoms with E-state index < -0.39 is 0 Å².